The second-order valence-corrected chi connectivity index (χ2v) is 7.86. The summed E-state index contributed by atoms with van der Waals surface area (Å²) in [6, 6.07) is 7.86. The molecule has 0 fully saturated rings. The van der Waals surface area contributed by atoms with Crippen LogP contribution >= 0.6 is 24.2 Å². The van der Waals surface area contributed by atoms with E-state index in [1.807, 2.05) is 18.2 Å². The average molecular weight is 318 g/mol. The molecule has 0 aliphatic heterocycles. The van der Waals surface area contributed by atoms with E-state index in [4.69, 9.17) is 5.73 Å². The molecule has 0 heterocycles. The molecule has 1 aromatic carbocycles. The van der Waals surface area contributed by atoms with Gasteiger partial charge in [0.1, 0.15) is 0 Å². The molecule has 1 rings (SSSR count). The van der Waals surface area contributed by atoms with Crippen LogP contribution in [0.25, 0.3) is 0 Å². The minimum absolute atomic E-state index is 0. The Morgan fingerprint density at radius 3 is 2.40 bits per heavy atom. The highest BCUT2D eigenvalue weighted by Crippen LogP contribution is 2.36. The zero-order valence-electron chi connectivity index (χ0n) is 12.9. The van der Waals surface area contributed by atoms with Crippen LogP contribution in [0.15, 0.2) is 29.2 Å². The molecule has 1 aromatic rings. The normalized spacial score (nSPS) is 14.5. The van der Waals surface area contributed by atoms with E-state index < -0.39 is 6.10 Å². The summed E-state index contributed by atoms with van der Waals surface area (Å²) in [6.45, 7) is 8.69. The number of hydrogen-bond acceptors (Lipinski definition) is 3. The van der Waals surface area contributed by atoms with Gasteiger partial charge in [-0.1, -0.05) is 58.7 Å². The van der Waals surface area contributed by atoms with Crippen LogP contribution in [0.2, 0.25) is 0 Å². The van der Waals surface area contributed by atoms with Crippen molar-refractivity contribution in [1.82, 2.24) is 0 Å². The Balaban J connectivity index is 0.00000361. The Kier molecular flexibility index (Phi) is 8.83. The van der Waals surface area contributed by atoms with Gasteiger partial charge in [0, 0.05) is 9.64 Å². The lowest BCUT2D eigenvalue weighted by Crippen LogP contribution is -2.27. The first-order chi connectivity index (χ1) is 8.85. The van der Waals surface area contributed by atoms with Crippen molar-refractivity contribution < 1.29 is 5.11 Å². The molecule has 2 nitrogen and oxygen atoms in total. The molecule has 3 N–H and O–H groups in total. The number of rotatable bonds is 6. The van der Waals surface area contributed by atoms with Crippen molar-refractivity contribution in [1.29, 1.82) is 0 Å². The van der Waals surface area contributed by atoms with E-state index in [9.17, 15) is 5.11 Å². The number of aliphatic hydroxyl groups excluding tert-OH is 1. The van der Waals surface area contributed by atoms with Crippen molar-refractivity contribution >= 4 is 24.2 Å². The van der Waals surface area contributed by atoms with Crippen molar-refractivity contribution in [3.05, 3.63) is 29.8 Å². The molecule has 0 bridgehead atoms. The highest BCUT2D eigenvalue weighted by molar-refractivity contribution is 8.00. The van der Waals surface area contributed by atoms with Crippen molar-refractivity contribution in [2.24, 2.45) is 5.73 Å². The smallest absolute Gasteiger partial charge is 0.0733 e. The molecule has 2 atom stereocenters. The Hall–Kier alpha value is -0.220. The van der Waals surface area contributed by atoms with E-state index in [1.54, 1.807) is 11.8 Å². The summed E-state index contributed by atoms with van der Waals surface area (Å²) in [5, 5.41) is 10.2. The molecular weight excluding hydrogens is 290 g/mol. The van der Waals surface area contributed by atoms with Gasteiger partial charge in [0.05, 0.1) is 12.1 Å². The van der Waals surface area contributed by atoms with E-state index in [-0.39, 0.29) is 23.2 Å². The third-order valence-corrected chi connectivity index (χ3v) is 4.17. The van der Waals surface area contributed by atoms with Gasteiger partial charge in [-0.25, -0.2) is 0 Å². The molecule has 0 amide bonds. The number of aliphatic hydroxyl groups is 1. The van der Waals surface area contributed by atoms with Gasteiger partial charge in [-0.2, -0.15) is 0 Å². The molecule has 0 saturated carbocycles. The van der Waals surface area contributed by atoms with Crippen molar-refractivity contribution in [3.8, 4) is 0 Å². The molecular formula is C16H28ClNOS. The third-order valence-electron chi connectivity index (χ3n) is 2.96. The summed E-state index contributed by atoms with van der Waals surface area (Å²) in [4.78, 5) is 1.18. The summed E-state index contributed by atoms with van der Waals surface area (Å²) in [5.41, 5.74) is 7.30. The standard InChI is InChI=1S/C16H27NOS.ClH/c1-5-6-10-13(18)15(17)12-9-7-8-11-14(12)19-16(2,3)4;/h7-9,11,13,15,18H,5-6,10,17H2,1-4H3;1H/t13-,15+;/m0./s1. The number of benzene rings is 1. The number of thioether (sulfide) groups is 1. The zero-order chi connectivity index (χ0) is 14.5. The van der Waals surface area contributed by atoms with Gasteiger partial charge >= 0.3 is 0 Å². The van der Waals surface area contributed by atoms with Gasteiger partial charge in [0.25, 0.3) is 0 Å². The molecule has 0 spiro atoms. The zero-order valence-corrected chi connectivity index (χ0v) is 14.6. The van der Waals surface area contributed by atoms with Crippen LogP contribution in [0.1, 0.15) is 58.6 Å². The molecule has 0 aliphatic rings. The SMILES string of the molecule is CCCC[C@H](O)[C@H](N)c1ccccc1SC(C)(C)C.Cl. The van der Waals surface area contributed by atoms with Crippen LogP contribution in [0, 0.1) is 0 Å². The summed E-state index contributed by atoms with van der Waals surface area (Å²) >= 11 is 1.81. The van der Waals surface area contributed by atoms with Crippen LogP contribution in [0.3, 0.4) is 0 Å². The predicted molar refractivity (Wildman–Crippen MR) is 91.8 cm³/mol. The third kappa shape index (κ3) is 6.49. The fourth-order valence-corrected chi connectivity index (χ4v) is 3.11. The van der Waals surface area contributed by atoms with Crippen molar-refractivity contribution in [2.75, 3.05) is 0 Å². The number of nitrogens with two attached hydrogens (primary N) is 1. The Labute approximate surface area is 133 Å². The molecule has 0 unspecified atom stereocenters. The molecule has 0 aromatic heterocycles. The average Bonchev–Trinajstić information content (AvgIpc) is 2.34. The lowest BCUT2D eigenvalue weighted by molar-refractivity contribution is 0.131. The van der Waals surface area contributed by atoms with E-state index in [0.717, 1.165) is 24.8 Å². The maximum absolute atomic E-state index is 10.2. The fourth-order valence-electron chi connectivity index (χ4n) is 1.98. The van der Waals surface area contributed by atoms with E-state index >= 15 is 0 Å². The van der Waals surface area contributed by atoms with Gasteiger partial charge < -0.3 is 10.8 Å². The minimum Gasteiger partial charge on any atom is -0.391 e. The van der Waals surface area contributed by atoms with E-state index in [1.165, 1.54) is 4.90 Å². The lowest BCUT2D eigenvalue weighted by Gasteiger charge is -2.25. The van der Waals surface area contributed by atoms with Gasteiger partial charge in [-0.3, -0.25) is 0 Å². The summed E-state index contributed by atoms with van der Waals surface area (Å²) in [5.74, 6) is 0. The Morgan fingerprint density at radius 2 is 1.85 bits per heavy atom. The summed E-state index contributed by atoms with van der Waals surface area (Å²) < 4.78 is 0.143. The predicted octanol–water partition coefficient (Wildman–Crippen LogP) is 4.55. The fraction of sp³-hybridized carbons (Fsp3) is 0.625. The maximum Gasteiger partial charge on any atom is 0.0733 e. The van der Waals surface area contributed by atoms with Gasteiger partial charge in [-0.05, 0) is 18.1 Å². The van der Waals surface area contributed by atoms with Crippen LogP contribution in [0.5, 0.6) is 0 Å². The molecule has 0 aliphatic carbocycles. The largest absolute Gasteiger partial charge is 0.391 e. The van der Waals surface area contributed by atoms with Crippen LogP contribution in [-0.4, -0.2) is 16.0 Å². The van der Waals surface area contributed by atoms with Crippen molar-refractivity contribution in [3.63, 3.8) is 0 Å². The highest BCUT2D eigenvalue weighted by Gasteiger charge is 2.21. The molecule has 4 heteroatoms. The first-order valence-corrected chi connectivity index (χ1v) is 7.88. The monoisotopic (exact) mass is 317 g/mol. The second kappa shape index (κ2) is 8.93. The number of hydrogen-bond donors (Lipinski definition) is 2. The molecule has 116 valence electrons. The van der Waals surface area contributed by atoms with Gasteiger partial charge in [0.15, 0.2) is 0 Å². The second-order valence-electron chi connectivity index (χ2n) is 5.99. The Morgan fingerprint density at radius 1 is 1.25 bits per heavy atom. The molecule has 0 radical (unpaired) electrons. The van der Waals surface area contributed by atoms with Crippen LogP contribution in [0.4, 0.5) is 0 Å². The molecule has 0 saturated heterocycles. The first kappa shape index (κ1) is 19.8. The van der Waals surface area contributed by atoms with Crippen molar-refractivity contribution in [2.45, 2.75) is 68.7 Å². The minimum atomic E-state index is -0.457. The molecule has 20 heavy (non-hydrogen) atoms. The first-order valence-electron chi connectivity index (χ1n) is 7.06. The number of unbranched alkanes of at least 4 members (excludes halogenated alkanes) is 1. The quantitative estimate of drug-likeness (QED) is 0.757. The topological polar surface area (TPSA) is 46.2 Å². The summed E-state index contributed by atoms with van der Waals surface area (Å²) in [6.07, 6.45) is 2.42. The number of halogens is 1. The lowest BCUT2D eigenvalue weighted by atomic mass is 9.98. The van der Waals surface area contributed by atoms with Gasteiger partial charge in [0.2, 0.25) is 0 Å². The van der Waals surface area contributed by atoms with Gasteiger partial charge in [-0.15, -0.1) is 24.2 Å². The van der Waals surface area contributed by atoms with Crippen LogP contribution < -0.4 is 5.73 Å². The Bertz CT molecular complexity index is 392. The van der Waals surface area contributed by atoms with Crippen LogP contribution in [-0.2, 0) is 0 Å². The van der Waals surface area contributed by atoms with E-state index in [2.05, 4.69) is 33.8 Å². The highest BCUT2D eigenvalue weighted by atomic mass is 35.5. The van der Waals surface area contributed by atoms with E-state index in [0.29, 0.717) is 0 Å². The maximum atomic E-state index is 10.2. The summed E-state index contributed by atoms with van der Waals surface area (Å²) in [7, 11) is 0.